The summed E-state index contributed by atoms with van der Waals surface area (Å²) in [5.74, 6) is 0.229. The smallest absolute Gasteiger partial charge is 0.240 e. The summed E-state index contributed by atoms with van der Waals surface area (Å²) >= 11 is 0. The fourth-order valence-corrected chi connectivity index (χ4v) is 0.877. The van der Waals surface area contributed by atoms with E-state index >= 15 is 0 Å². The van der Waals surface area contributed by atoms with Gasteiger partial charge >= 0.3 is 0 Å². The molecular formula is C5H5N5O2. The van der Waals surface area contributed by atoms with Gasteiger partial charge in [0, 0.05) is 22.8 Å². The van der Waals surface area contributed by atoms with Gasteiger partial charge < -0.3 is 5.21 Å². The molecule has 62 valence electrons. The summed E-state index contributed by atoms with van der Waals surface area (Å²) in [6.45, 7) is 0. The maximum atomic E-state index is 11.1. The van der Waals surface area contributed by atoms with Crippen LogP contribution < -0.4 is 5.17 Å². The van der Waals surface area contributed by atoms with Crippen LogP contribution in [-0.4, -0.2) is 15.5 Å². The van der Waals surface area contributed by atoms with Crippen LogP contribution in [0.5, 0.6) is 0 Å². The van der Waals surface area contributed by atoms with E-state index in [-0.39, 0.29) is 16.8 Å². The van der Waals surface area contributed by atoms with E-state index in [0.717, 1.165) is 0 Å². The van der Waals surface area contributed by atoms with Crippen molar-refractivity contribution in [3.8, 4) is 0 Å². The molecule has 0 saturated heterocycles. The Balaban J connectivity index is 2.52. The normalized spacial score (nSPS) is 20.8. The highest BCUT2D eigenvalue weighted by molar-refractivity contribution is 5.49. The fourth-order valence-electron chi connectivity index (χ4n) is 0.877. The second-order valence-corrected chi connectivity index (χ2v) is 2.16. The summed E-state index contributed by atoms with van der Waals surface area (Å²) in [4.78, 5) is 3.79. The highest BCUT2D eigenvalue weighted by Crippen LogP contribution is 2.19. The van der Waals surface area contributed by atoms with Gasteiger partial charge in [-0.1, -0.05) is 5.11 Å². The molecule has 0 fully saturated rings. The van der Waals surface area contributed by atoms with Crippen LogP contribution in [0.15, 0.2) is 28.7 Å². The zero-order valence-corrected chi connectivity index (χ0v) is 5.88. The standard InChI is InChI=1S/C5H5N5O2/c11-9-4-2-1-3-6-5(4)7-8-10(9)12/h1-3,9,12H. The van der Waals surface area contributed by atoms with Crippen LogP contribution >= 0.6 is 0 Å². The fraction of sp³-hybridized carbons (Fsp3) is 0. The monoisotopic (exact) mass is 167 g/mol. The first-order valence-electron chi connectivity index (χ1n) is 3.19. The third-order valence-corrected chi connectivity index (χ3v) is 1.42. The first-order chi connectivity index (χ1) is 5.79. The Morgan fingerprint density at radius 3 is 3.25 bits per heavy atom. The molecule has 0 saturated carbocycles. The van der Waals surface area contributed by atoms with Crippen LogP contribution in [0.25, 0.3) is 0 Å². The zero-order chi connectivity index (χ0) is 8.55. The summed E-state index contributed by atoms with van der Waals surface area (Å²) in [7, 11) is 0. The lowest BCUT2D eigenvalue weighted by atomic mass is 10.4. The number of nitrogens with one attached hydrogen (secondary N) is 1. The number of hydrogen-bond donors (Lipinski definition) is 2. The summed E-state index contributed by atoms with van der Waals surface area (Å²) in [6, 6.07) is 3.11. The number of fused-ring (bicyclic) bond motifs is 1. The first-order valence-corrected chi connectivity index (χ1v) is 3.19. The Bertz CT molecular complexity index is 327. The molecule has 1 aromatic rings. The first kappa shape index (κ1) is 7.10. The van der Waals surface area contributed by atoms with Crippen LogP contribution in [-0.2, 0) is 0 Å². The topological polar surface area (TPSA) is 88.6 Å². The van der Waals surface area contributed by atoms with Crippen LogP contribution in [0.4, 0.5) is 11.5 Å². The average molecular weight is 167 g/mol. The molecule has 0 amide bonds. The molecule has 0 radical (unpaired) electrons. The SMILES string of the molecule is [O-][NH+]1c2cccnc2N=NN1O. The van der Waals surface area contributed by atoms with Crippen molar-refractivity contribution in [3.63, 3.8) is 0 Å². The lowest BCUT2D eigenvalue weighted by molar-refractivity contribution is -0.962. The van der Waals surface area contributed by atoms with Gasteiger partial charge in [-0.25, -0.2) is 10.2 Å². The number of nitrogens with zero attached hydrogens (tertiary/aromatic N) is 4. The van der Waals surface area contributed by atoms with E-state index in [1.165, 1.54) is 12.3 Å². The highest BCUT2D eigenvalue weighted by Gasteiger charge is 2.20. The quantitative estimate of drug-likeness (QED) is 0.520. The second-order valence-electron chi connectivity index (χ2n) is 2.16. The average Bonchev–Trinajstić information content (AvgIpc) is 2.12. The Hall–Kier alpha value is -1.57. The molecule has 12 heavy (non-hydrogen) atoms. The molecule has 1 unspecified atom stereocenters. The maximum absolute atomic E-state index is 11.1. The predicted octanol–water partition coefficient (Wildman–Crippen LogP) is -0.286. The number of quaternary nitrogens is 1. The second kappa shape index (κ2) is 2.48. The lowest BCUT2D eigenvalue weighted by Crippen LogP contribution is -3.08. The Labute approximate surface area is 67.0 Å². The molecule has 1 atom stereocenters. The van der Waals surface area contributed by atoms with Crippen molar-refractivity contribution in [2.45, 2.75) is 0 Å². The van der Waals surface area contributed by atoms with Gasteiger partial charge in [0.2, 0.25) is 11.5 Å². The van der Waals surface area contributed by atoms with Crippen LogP contribution in [0.1, 0.15) is 0 Å². The van der Waals surface area contributed by atoms with Crippen molar-refractivity contribution >= 4 is 11.5 Å². The molecule has 1 aromatic heterocycles. The highest BCUT2D eigenvalue weighted by atomic mass is 16.7. The van der Waals surface area contributed by atoms with Gasteiger partial charge in [-0.15, -0.1) is 0 Å². The minimum atomic E-state index is -0.617. The van der Waals surface area contributed by atoms with Gasteiger partial charge in [-0.3, -0.25) is 0 Å². The van der Waals surface area contributed by atoms with E-state index in [1.807, 2.05) is 0 Å². The number of pyridine rings is 1. The van der Waals surface area contributed by atoms with Crippen molar-refractivity contribution in [3.05, 3.63) is 23.5 Å². The minimum Gasteiger partial charge on any atom is -0.599 e. The van der Waals surface area contributed by atoms with Crippen molar-refractivity contribution in [1.82, 2.24) is 10.3 Å². The molecule has 0 aliphatic carbocycles. The van der Waals surface area contributed by atoms with E-state index in [4.69, 9.17) is 5.21 Å². The van der Waals surface area contributed by atoms with Crippen molar-refractivity contribution in [1.29, 1.82) is 0 Å². The van der Waals surface area contributed by atoms with Gasteiger partial charge in [0.1, 0.15) is 0 Å². The third-order valence-electron chi connectivity index (χ3n) is 1.42. The molecule has 2 N–H and O–H groups in total. The van der Waals surface area contributed by atoms with Crippen LogP contribution in [0.2, 0.25) is 0 Å². The van der Waals surface area contributed by atoms with E-state index in [9.17, 15) is 5.21 Å². The van der Waals surface area contributed by atoms with E-state index in [0.29, 0.717) is 0 Å². The summed E-state index contributed by atoms with van der Waals surface area (Å²) in [5.41, 5.74) is 0.245. The third kappa shape index (κ3) is 0.925. The molecule has 0 bridgehead atoms. The largest absolute Gasteiger partial charge is 0.599 e. The zero-order valence-electron chi connectivity index (χ0n) is 5.88. The Morgan fingerprint density at radius 1 is 1.58 bits per heavy atom. The summed E-state index contributed by atoms with van der Waals surface area (Å²) in [5, 5.41) is 26.1. The molecular weight excluding hydrogens is 162 g/mol. The number of hydrogen-bond acceptors (Lipinski definition) is 6. The summed E-state index contributed by atoms with van der Waals surface area (Å²) in [6.07, 6.45) is 1.50. The van der Waals surface area contributed by atoms with Crippen molar-refractivity contribution in [2.24, 2.45) is 10.3 Å². The van der Waals surface area contributed by atoms with E-state index in [1.54, 1.807) is 6.07 Å². The maximum Gasteiger partial charge on any atom is 0.240 e. The summed E-state index contributed by atoms with van der Waals surface area (Å²) < 4.78 is 0. The van der Waals surface area contributed by atoms with Gasteiger partial charge in [-0.05, 0) is 6.07 Å². The molecule has 1 aliphatic rings. The van der Waals surface area contributed by atoms with Gasteiger partial charge in [0.15, 0.2) is 0 Å². The Kier molecular flexibility index (Phi) is 1.47. The molecule has 7 heteroatoms. The Morgan fingerprint density at radius 2 is 2.42 bits per heavy atom. The van der Waals surface area contributed by atoms with Gasteiger partial charge in [-0.2, -0.15) is 5.17 Å². The van der Waals surface area contributed by atoms with Crippen molar-refractivity contribution in [2.75, 3.05) is 0 Å². The van der Waals surface area contributed by atoms with Gasteiger partial charge in [0.25, 0.3) is 0 Å². The predicted molar refractivity (Wildman–Crippen MR) is 36.4 cm³/mol. The molecule has 7 nitrogen and oxygen atoms in total. The van der Waals surface area contributed by atoms with Crippen molar-refractivity contribution < 1.29 is 10.4 Å². The van der Waals surface area contributed by atoms with Crippen LogP contribution in [0.3, 0.4) is 0 Å². The van der Waals surface area contributed by atoms with Crippen LogP contribution in [0, 0.1) is 5.21 Å². The van der Waals surface area contributed by atoms with Gasteiger partial charge in [0.05, 0.1) is 0 Å². The van der Waals surface area contributed by atoms with E-state index in [2.05, 4.69) is 15.3 Å². The molecule has 2 heterocycles. The molecule has 0 aromatic carbocycles. The molecule has 1 aliphatic heterocycles. The number of rotatable bonds is 0. The lowest BCUT2D eigenvalue weighted by Gasteiger charge is -2.26. The number of aromatic nitrogens is 1. The molecule has 0 spiro atoms. The minimum absolute atomic E-state index is 0.185. The van der Waals surface area contributed by atoms with E-state index < -0.39 is 5.17 Å². The molecule has 2 rings (SSSR count).